The number of benzene rings is 1. The van der Waals surface area contributed by atoms with Crippen molar-refractivity contribution in [2.75, 3.05) is 13.2 Å². The first-order valence-electron chi connectivity index (χ1n) is 7.78. The standard InChI is InChI=1S/C17H26ClNO/c1-4-10-19-16(17(20-5-2)13-8-9-13)14-7-6-12(3)15(18)11-14/h6-7,11,13,16-17,19H,4-5,8-10H2,1-3H3. The second kappa shape index (κ2) is 7.44. The van der Waals surface area contributed by atoms with Gasteiger partial charge in [0.25, 0.3) is 0 Å². The molecule has 0 aliphatic heterocycles. The largest absolute Gasteiger partial charge is 0.376 e. The Morgan fingerprint density at radius 1 is 1.35 bits per heavy atom. The number of rotatable bonds is 8. The van der Waals surface area contributed by atoms with Gasteiger partial charge in [-0.2, -0.15) is 0 Å². The van der Waals surface area contributed by atoms with Gasteiger partial charge in [-0.05, 0) is 62.8 Å². The minimum atomic E-state index is 0.250. The number of hydrogen-bond acceptors (Lipinski definition) is 2. The SMILES string of the molecule is CCCNC(c1ccc(C)c(Cl)c1)C(OCC)C1CC1. The molecular formula is C17H26ClNO. The molecule has 1 aliphatic rings. The summed E-state index contributed by atoms with van der Waals surface area (Å²) in [6.07, 6.45) is 3.97. The van der Waals surface area contributed by atoms with E-state index >= 15 is 0 Å². The number of ether oxygens (including phenoxy) is 1. The predicted octanol–water partition coefficient (Wildman–Crippen LogP) is 4.50. The van der Waals surface area contributed by atoms with Gasteiger partial charge in [-0.1, -0.05) is 30.7 Å². The molecule has 2 atom stereocenters. The molecule has 1 N–H and O–H groups in total. The summed E-state index contributed by atoms with van der Waals surface area (Å²) in [5, 5.41) is 4.50. The quantitative estimate of drug-likeness (QED) is 0.762. The van der Waals surface area contributed by atoms with Gasteiger partial charge in [-0.25, -0.2) is 0 Å². The lowest BCUT2D eigenvalue weighted by atomic mass is 9.96. The highest BCUT2D eigenvalue weighted by Crippen LogP contribution is 2.40. The minimum absolute atomic E-state index is 0.250. The lowest BCUT2D eigenvalue weighted by molar-refractivity contribution is 0.0186. The smallest absolute Gasteiger partial charge is 0.0797 e. The third-order valence-corrected chi connectivity index (χ3v) is 4.35. The van der Waals surface area contributed by atoms with Crippen molar-refractivity contribution in [1.29, 1.82) is 0 Å². The Morgan fingerprint density at radius 3 is 2.65 bits per heavy atom. The van der Waals surface area contributed by atoms with Crippen LogP contribution in [-0.4, -0.2) is 19.3 Å². The van der Waals surface area contributed by atoms with Gasteiger partial charge in [-0.15, -0.1) is 0 Å². The summed E-state index contributed by atoms with van der Waals surface area (Å²) in [6.45, 7) is 8.09. The molecule has 2 rings (SSSR count). The maximum absolute atomic E-state index is 6.30. The van der Waals surface area contributed by atoms with Crippen molar-refractivity contribution < 1.29 is 4.74 Å². The first-order chi connectivity index (χ1) is 9.67. The summed E-state index contributed by atoms with van der Waals surface area (Å²) >= 11 is 6.30. The van der Waals surface area contributed by atoms with Crippen molar-refractivity contribution in [3.05, 3.63) is 34.3 Å². The number of hydrogen-bond donors (Lipinski definition) is 1. The minimum Gasteiger partial charge on any atom is -0.376 e. The fraction of sp³-hybridized carbons (Fsp3) is 0.647. The monoisotopic (exact) mass is 295 g/mol. The second-order valence-electron chi connectivity index (χ2n) is 5.70. The van der Waals surface area contributed by atoms with Gasteiger partial charge in [0.15, 0.2) is 0 Å². The normalized spacial score (nSPS) is 18.0. The molecule has 0 amide bonds. The van der Waals surface area contributed by atoms with E-state index in [4.69, 9.17) is 16.3 Å². The van der Waals surface area contributed by atoms with E-state index in [0.29, 0.717) is 5.92 Å². The Kier molecular flexibility index (Phi) is 5.88. The third kappa shape index (κ3) is 3.97. The van der Waals surface area contributed by atoms with Crippen molar-refractivity contribution in [2.24, 2.45) is 5.92 Å². The third-order valence-electron chi connectivity index (χ3n) is 3.94. The molecule has 0 spiro atoms. The van der Waals surface area contributed by atoms with E-state index in [1.165, 1.54) is 18.4 Å². The van der Waals surface area contributed by atoms with Crippen LogP contribution in [0.25, 0.3) is 0 Å². The first-order valence-corrected chi connectivity index (χ1v) is 8.16. The molecule has 2 unspecified atom stereocenters. The Hall–Kier alpha value is -0.570. The predicted molar refractivity (Wildman–Crippen MR) is 85.4 cm³/mol. The van der Waals surface area contributed by atoms with Gasteiger partial charge >= 0.3 is 0 Å². The van der Waals surface area contributed by atoms with E-state index in [0.717, 1.165) is 30.2 Å². The molecule has 0 aromatic heterocycles. The van der Waals surface area contributed by atoms with Crippen LogP contribution < -0.4 is 5.32 Å². The molecule has 1 aromatic rings. The zero-order chi connectivity index (χ0) is 14.5. The first kappa shape index (κ1) is 15.8. The maximum Gasteiger partial charge on any atom is 0.0797 e. The summed E-state index contributed by atoms with van der Waals surface area (Å²) in [5.74, 6) is 0.699. The molecular weight excluding hydrogens is 270 g/mol. The molecule has 1 saturated carbocycles. The Balaban J connectivity index is 2.22. The van der Waals surface area contributed by atoms with Crippen LogP contribution >= 0.6 is 11.6 Å². The molecule has 0 saturated heterocycles. The van der Waals surface area contributed by atoms with Crippen LogP contribution in [0.2, 0.25) is 5.02 Å². The van der Waals surface area contributed by atoms with Crippen molar-refractivity contribution in [2.45, 2.75) is 52.2 Å². The highest BCUT2D eigenvalue weighted by atomic mass is 35.5. The summed E-state index contributed by atoms with van der Waals surface area (Å²) in [5.41, 5.74) is 2.38. The molecule has 1 aromatic carbocycles. The van der Waals surface area contributed by atoms with Crippen molar-refractivity contribution >= 4 is 11.6 Å². The highest BCUT2D eigenvalue weighted by molar-refractivity contribution is 6.31. The molecule has 0 bridgehead atoms. The van der Waals surface area contributed by atoms with Gasteiger partial charge in [0.2, 0.25) is 0 Å². The Bertz CT molecular complexity index is 431. The number of aryl methyl sites for hydroxylation is 1. The second-order valence-corrected chi connectivity index (χ2v) is 6.11. The van der Waals surface area contributed by atoms with E-state index in [1.807, 2.05) is 6.92 Å². The summed E-state index contributed by atoms with van der Waals surface area (Å²) in [6, 6.07) is 6.64. The topological polar surface area (TPSA) is 21.3 Å². The van der Waals surface area contributed by atoms with Crippen LogP contribution in [0.3, 0.4) is 0 Å². The molecule has 3 heteroatoms. The van der Waals surface area contributed by atoms with E-state index in [1.54, 1.807) is 0 Å². The van der Waals surface area contributed by atoms with Gasteiger partial charge < -0.3 is 10.1 Å². The van der Waals surface area contributed by atoms with Crippen molar-refractivity contribution in [1.82, 2.24) is 5.32 Å². The Morgan fingerprint density at radius 2 is 2.10 bits per heavy atom. The molecule has 0 heterocycles. The average Bonchev–Trinajstić information content (AvgIpc) is 3.26. The summed E-state index contributed by atoms with van der Waals surface area (Å²) < 4.78 is 6.04. The lowest BCUT2D eigenvalue weighted by Gasteiger charge is -2.29. The number of halogens is 1. The molecule has 1 fully saturated rings. The average molecular weight is 296 g/mol. The molecule has 1 aliphatic carbocycles. The van der Waals surface area contributed by atoms with E-state index in [-0.39, 0.29) is 12.1 Å². The van der Waals surface area contributed by atoms with Crippen molar-refractivity contribution in [3.63, 3.8) is 0 Å². The molecule has 112 valence electrons. The highest BCUT2D eigenvalue weighted by Gasteiger charge is 2.37. The summed E-state index contributed by atoms with van der Waals surface area (Å²) in [7, 11) is 0. The zero-order valence-corrected chi connectivity index (χ0v) is 13.5. The maximum atomic E-state index is 6.30. The van der Waals surface area contributed by atoms with Crippen LogP contribution in [0.4, 0.5) is 0 Å². The van der Waals surface area contributed by atoms with E-state index < -0.39 is 0 Å². The Labute approximate surface area is 127 Å². The fourth-order valence-electron chi connectivity index (χ4n) is 2.65. The summed E-state index contributed by atoms with van der Waals surface area (Å²) in [4.78, 5) is 0. The molecule has 0 radical (unpaired) electrons. The fourth-order valence-corrected chi connectivity index (χ4v) is 2.84. The van der Waals surface area contributed by atoms with Gasteiger partial charge in [-0.3, -0.25) is 0 Å². The van der Waals surface area contributed by atoms with Crippen LogP contribution in [0, 0.1) is 12.8 Å². The van der Waals surface area contributed by atoms with Gasteiger partial charge in [0.1, 0.15) is 0 Å². The van der Waals surface area contributed by atoms with Crippen molar-refractivity contribution in [3.8, 4) is 0 Å². The van der Waals surface area contributed by atoms with E-state index in [9.17, 15) is 0 Å². The van der Waals surface area contributed by atoms with Gasteiger partial charge in [0, 0.05) is 11.6 Å². The van der Waals surface area contributed by atoms with E-state index in [2.05, 4.69) is 37.4 Å². The lowest BCUT2D eigenvalue weighted by Crippen LogP contribution is -2.36. The van der Waals surface area contributed by atoms with Gasteiger partial charge in [0.05, 0.1) is 12.1 Å². The van der Waals surface area contributed by atoms with Crippen LogP contribution in [0.5, 0.6) is 0 Å². The zero-order valence-electron chi connectivity index (χ0n) is 12.8. The van der Waals surface area contributed by atoms with Crippen LogP contribution in [0.15, 0.2) is 18.2 Å². The van der Waals surface area contributed by atoms with Crippen LogP contribution in [-0.2, 0) is 4.74 Å². The molecule has 2 nitrogen and oxygen atoms in total. The van der Waals surface area contributed by atoms with Crippen LogP contribution in [0.1, 0.15) is 50.3 Å². The number of nitrogens with one attached hydrogen (secondary N) is 1. The molecule has 20 heavy (non-hydrogen) atoms.